The molecule has 0 saturated heterocycles. The highest BCUT2D eigenvalue weighted by molar-refractivity contribution is 5.26. The van der Waals surface area contributed by atoms with Crippen molar-refractivity contribution in [1.29, 1.82) is 0 Å². The summed E-state index contributed by atoms with van der Waals surface area (Å²) in [7, 11) is 0. The van der Waals surface area contributed by atoms with Gasteiger partial charge in [0.05, 0.1) is 6.04 Å². The van der Waals surface area contributed by atoms with Crippen LogP contribution < -0.4 is 11.1 Å². The monoisotopic (exact) mass is 225 g/mol. The first kappa shape index (κ1) is 13.0. The molecule has 5 nitrogen and oxygen atoms in total. The number of rotatable bonds is 6. The molecule has 1 aromatic heterocycles. The van der Waals surface area contributed by atoms with E-state index in [-0.39, 0.29) is 6.04 Å². The van der Waals surface area contributed by atoms with Crippen molar-refractivity contribution in [2.75, 3.05) is 11.9 Å². The first-order valence-corrected chi connectivity index (χ1v) is 6.08. The molecule has 0 amide bonds. The fraction of sp³-hybridized carbons (Fsp3) is 0.818. The van der Waals surface area contributed by atoms with Gasteiger partial charge in [-0.05, 0) is 19.8 Å². The minimum atomic E-state index is -0.0372. The number of nitrogens with zero attached hydrogens (tertiary/aromatic N) is 3. The maximum absolute atomic E-state index is 6.18. The molecule has 0 fully saturated rings. The lowest BCUT2D eigenvalue weighted by Crippen LogP contribution is -2.23. The lowest BCUT2D eigenvalue weighted by molar-refractivity contribution is 0.424. The molecule has 0 aliphatic heterocycles. The minimum Gasteiger partial charge on any atom is -0.355 e. The number of nitrogens with two attached hydrogens (primary N) is 1. The average Bonchev–Trinajstić information content (AvgIpc) is 2.70. The predicted molar refractivity (Wildman–Crippen MR) is 66.2 cm³/mol. The van der Waals surface area contributed by atoms with Gasteiger partial charge in [0.15, 0.2) is 5.82 Å². The number of hydrogen-bond donors (Lipinski definition) is 2. The third-order valence-electron chi connectivity index (χ3n) is 2.99. The van der Waals surface area contributed by atoms with Gasteiger partial charge in [-0.2, -0.15) is 0 Å². The molecule has 0 aliphatic carbocycles. The summed E-state index contributed by atoms with van der Waals surface area (Å²) >= 11 is 0. The molecule has 16 heavy (non-hydrogen) atoms. The van der Waals surface area contributed by atoms with Gasteiger partial charge in [0.2, 0.25) is 5.95 Å². The van der Waals surface area contributed by atoms with Gasteiger partial charge < -0.3 is 11.1 Å². The highest BCUT2D eigenvalue weighted by Crippen LogP contribution is 2.22. The van der Waals surface area contributed by atoms with Crippen LogP contribution in [0.1, 0.15) is 46.0 Å². The van der Waals surface area contributed by atoms with E-state index in [1.54, 1.807) is 0 Å². The summed E-state index contributed by atoms with van der Waals surface area (Å²) in [5.41, 5.74) is 6.18. The molecule has 1 heterocycles. The van der Waals surface area contributed by atoms with E-state index < -0.39 is 0 Å². The molecule has 1 rings (SSSR count). The molecule has 0 saturated carbocycles. The second kappa shape index (κ2) is 5.84. The minimum absolute atomic E-state index is 0.0372. The molecule has 92 valence electrons. The Balaban J connectivity index is 2.95. The summed E-state index contributed by atoms with van der Waals surface area (Å²) < 4.78 is 2.06. The predicted octanol–water partition coefficient (Wildman–Crippen LogP) is 1.78. The van der Waals surface area contributed by atoms with Crippen molar-refractivity contribution in [2.45, 2.75) is 46.7 Å². The Labute approximate surface area is 97.4 Å². The maximum atomic E-state index is 6.18. The van der Waals surface area contributed by atoms with Crippen LogP contribution in [-0.4, -0.2) is 21.3 Å². The number of hydrogen-bond acceptors (Lipinski definition) is 4. The lowest BCUT2D eigenvalue weighted by Gasteiger charge is -2.18. The molecule has 0 radical (unpaired) electrons. The Morgan fingerprint density at radius 3 is 2.50 bits per heavy atom. The molecule has 0 spiro atoms. The van der Waals surface area contributed by atoms with Crippen LogP contribution >= 0.6 is 0 Å². The van der Waals surface area contributed by atoms with Crippen LogP contribution in [0.5, 0.6) is 0 Å². The molecule has 0 unspecified atom stereocenters. The SMILES string of the molecule is CCNc1nnc([C@@H](N)[C@@H](C)CC)n1CC. The standard InChI is InChI=1S/C11H23N5/c1-5-8(4)9(12)10-14-15-11(13-6-2)16(10)7-3/h8-9H,5-7,12H2,1-4H3,(H,13,15)/t8-,9-/m0/s1. The second-order valence-electron chi connectivity index (χ2n) is 4.07. The zero-order valence-corrected chi connectivity index (χ0v) is 10.7. The molecule has 0 bridgehead atoms. The van der Waals surface area contributed by atoms with Gasteiger partial charge >= 0.3 is 0 Å². The van der Waals surface area contributed by atoms with Crippen molar-refractivity contribution >= 4 is 5.95 Å². The second-order valence-corrected chi connectivity index (χ2v) is 4.07. The zero-order chi connectivity index (χ0) is 12.1. The van der Waals surface area contributed by atoms with Crippen LogP contribution in [0, 0.1) is 5.92 Å². The van der Waals surface area contributed by atoms with Gasteiger partial charge in [-0.15, -0.1) is 10.2 Å². The summed E-state index contributed by atoms with van der Waals surface area (Å²) in [5.74, 6) is 2.12. The van der Waals surface area contributed by atoms with Gasteiger partial charge in [-0.3, -0.25) is 4.57 Å². The highest BCUT2D eigenvalue weighted by atomic mass is 15.4. The fourth-order valence-electron chi connectivity index (χ4n) is 1.67. The third kappa shape index (κ3) is 2.52. The van der Waals surface area contributed by atoms with Crippen molar-refractivity contribution in [2.24, 2.45) is 11.7 Å². The van der Waals surface area contributed by atoms with Gasteiger partial charge in [0.1, 0.15) is 0 Å². The normalized spacial score (nSPS) is 14.8. The van der Waals surface area contributed by atoms with Gasteiger partial charge in [0.25, 0.3) is 0 Å². The van der Waals surface area contributed by atoms with E-state index in [2.05, 4.69) is 40.9 Å². The summed E-state index contributed by atoms with van der Waals surface area (Å²) in [6, 6.07) is -0.0372. The lowest BCUT2D eigenvalue weighted by atomic mass is 9.99. The van der Waals surface area contributed by atoms with Crippen LogP contribution in [0.25, 0.3) is 0 Å². The van der Waals surface area contributed by atoms with Crippen LogP contribution in [0.3, 0.4) is 0 Å². The van der Waals surface area contributed by atoms with E-state index >= 15 is 0 Å². The summed E-state index contributed by atoms with van der Waals surface area (Å²) in [5, 5.41) is 11.5. The first-order valence-electron chi connectivity index (χ1n) is 6.08. The molecule has 5 heteroatoms. The van der Waals surface area contributed by atoms with Crippen molar-refractivity contribution < 1.29 is 0 Å². The molecule has 3 N–H and O–H groups in total. The molecular formula is C11H23N5. The maximum Gasteiger partial charge on any atom is 0.224 e. The van der Waals surface area contributed by atoms with Gasteiger partial charge in [-0.1, -0.05) is 20.3 Å². The van der Waals surface area contributed by atoms with Crippen LogP contribution in [0.4, 0.5) is 5.95 Å². The molecular weight excluding hydrogens is 202 g/mol. The highest BCUT2D eigenvalue weighted by Gasteiger charge is 2.20. The molecule has 1 aromatic rings. The number of anilines is 1. The summed E-state index contributed by atoms with van der Waals surface area (Å²) in [4.78, 5) is 0. The van der Waals surface area contributed by atoms with Crippen molar-refractivity contribution in [1.82, 2.24) is 14.8 Å². The topological polar surface area (TPSA) is 68.8 Å². The van der Waals surface area contributed by atoms with E-state index in [1.165, 1.54) is 0 Å². The zero-order valence-electron chi connectivity index (χ0n) is 10.7. The smallest absolute Gasteiger partial charge is 0.224 e. The Bertz CT molecular complexity index is 320. The van der Waals surface area contributed by atoms with E-state index in [0.29, 0.717) is 5.92 Å². The van der Waals surface area contributed by atoms with Crippen LogP contribution in [0.15, 0.2) is 0 Å². The summed E-state index contributed by atoms with van der Waals surface area (Å²) in [6.45, 7) is 10.1. The molecule has 0 aliphatic rings. The number of aromatic nitrogens is 3. The van der Waals surface area contributed by atoms with Crippen LogP contribution in [0.2, 0.25) is 0 Å². The van der Waals surface area contributed by atoms with Gasteiger partial charge in [-0.25, -0.2) is 0 Å². The van der Waals surface area contributed by atoms with Gasteiger partial charge in [0, 0.05) is 13.1 Å². The van der Waals surface area contributed by atoms with Crippen molar-refractivity contribution in [3.05, 3.63) is 5.82 Å². The average molecular weight is 225 g/mol. The summed E-state index contributed by atoms with van der Waals surface area (Å²) in [6.07, 6.45) is 1.05. The van der Waals surface area contributed by atoms with E-state index in [9.17, 15) is 0 Å². The van der Waals surface area contributed by atoms with Crippen molar-refractivity contribution in [3.8, 4) is 0 Å². The fourth-order valence-corrected chi connectivity index (χ4v) is 1.67. The first-order chi connectivity index (χ1) is 7.65. The van der Waals surface area contributed by atoms with E-state index in [4.69, 9.17) is 5.73 Å². The van der Waals surface area contributed by atoms with Crippen molar-refractivity contribution in [3.63, 3.8) is 0 Å². The third-order valence-corrected chi connectivity index (χ3v) is 2.99. The Morgan fingerprint density at radius 1 is 1.31 bits per heavy atom. The van der Waals surface area contributed by atoms with E-state index in [1.807, 2.05) is 6.92 Å². The molecule has 0 aromatic carbocycles. The Kier molecular flexibility index (Phi) is 4.73. The Hall–Kier alpha value is -1.10. The largest absolute Gasteiger partial charge is 0.355 e. The van der Waals surface area contributed by atoms with E-state index in [0.717, 1.165) is 31.3 Å². The number of nitrogens with one attached hydrogen (secondary N) is 1. The Morgan fingerprint density at radius 2 is 2.00 bits per heavy atom. The quantitative estimate of drug-likeness (QED) is 0.774. The van der Waals surface area contributed by atoms with Crippen LogP contribution in [-0.2, 0) is 6.54 Å². The molecule has 2 atom stereocenters.